The molecule has 0 spiro atoms. The number of amides is 2. The Bertz CT molecular complexity index is 1240. The molecule has 1 N–H and O–H groups in total. The molecular formula is C27H27ClN2O5S. The van der Waals surface area contributed by atoms with Crippen molar-refractivity contribution in [1.82, 2.24) is 5.32 Å². The summed E-state index contributed by atoms with van der Waals surface area (Å²) in [5.74, 6) is 1.11. The predicted octanol–water partition coefficient (Wildman–Crippen LogP) is 5.25. The Morgan fingerprint density at radius 3 is 2.36 bits per heavy atom. The van der Waals surface area contributed by atoms with Crippen molar-refractivity contribution in [3.05, 3.63) is 76.8 Å². The first kappa shape index (κ1) is 25.7. The molecule has 4 rings (SSSR count). The zero-order valence-corrected chi connectivity index (χ0v) is 21.8. The summed E-state index contributed by atoms with van der Waals surface area (Å²) in [6.45, 7) is 0.188. The van der Waals surface area contributed by atoms with E-state index in [-0.39, 0.29) is 36.6 Å². The third-order valence-corrected chi connectivity index (χ3v) is 7.57. The van der Waals surface area contributed by atoms with E-state index in [9.17, 15) is 9.59 Å². The molecule has 0 saturated carbocycles. The lowest BCUT2D eigenvalue weighted by molar-refractivity contribution is -0.124. The van der Waals surface area contributed by atoms with Gasteiger partial charge in [-0.15, -0.1) is 11.8 Å². The molecule has 0 unspecified atom stereocenters. The van der Waals surface area contributed by atoms with Crippen LogP contribution < -0.4 is 24.4 Å². The average Bonchev–Trinajstić information content (AvgIpc) is 3.03. The highest BCUT2D eigenvalue weighted by atomic mass is 35.5. The van der Waals surface area contributed by atoms with Gasteiger partial charge in [-0.3, -0.25) is 9.59 Å². The van der Waals surface area contributed by atoms with Gasteiger partial charge in [0.25, 0.3) is 0 Å². The highest BCUT2D eigenvalue weighted by Crippen LogP contribution is 2.49. The van der Waals surface area contributed by atoms with Crippen LogP contribution in [-0.4, -0.2) is 39.7 Å². The Hall–Kier alpha value is -3.36. The van der Waals surface area contributed by atoms with Crippen LogP contribution in [0.2, 0.25) is 5.02 Å². The maximum Gasteiger partial charge on any atom is 0.240 e. The van der Waals surface area contributed by atoms with Crippen molar-refractivity contribution < 1.29 is 23.8 Å². The van der Waals surface area contributed by atoms with Gasteiger partial charge in [-0.05, 0) is 41.5 Å². The number of fused-ring (bicyclic) bond motifs is 1. The van der Waals surface area contributed by atoms with E-state index in [1.54, 1.807) is 44.1 Å². The second kappa shape index (κ2) is 11.6. The van der Waals surface area contributed by atoms with Crippen LogP contribution in [0.15, 0.2) is 65.6 Å². The van der Waals surface area contributed by atoms with Crippen LogP contribution in [-0.2, 0) is 16.1 Å². The molecule has 1 atom stereocenters. The van der Waals surface area contributed by atoms with Gasteiger partial charge in [0.2, 0.25) is 17.6 Å². The molecule has 2 amide bonds. The van der Waals surface area contributed by atoms with Crippen LogP contribution in [0, 0.1) is 0 Å². The molecule has 0 radical (unpaired) electrons. The normalized spacial score (nSPS) is 15.1. The average molecular weight is 527 g/mol. The summed E-state index contributed by atoms with van der Waals surface area (Å²) in [7, 11) is 4.67. The zero-order chi connectivity index (χ0) is 25.7. The van der Waals surface area contributed by atoms with Gasteiger partial charge in [-0.25, -0.2) is 0 Å². The van der Waals surface area contributed by atoms with Crippen molar-refractivity contribution >= 4 is 40.9 Å². The summed E-state index contributed by atoms with van der Waals surface area (Å²) in [5, 5.41) is 3.24. The molecule has 0 bridgehead atoms. The fourth-order valence-electron chi connectivity index (χ4n) is 4.06. The van der Waals surface area contributed by atoms with E-state index >= 15 is 0 Å². The number of benzene rings is 3. The quantitative estimate of drug-likeness (QED) is 0.432. The Labute approximate surface area is 219 Å². The van der Waals surface area contributed by atoms with Crippen LogP contribution in [0.4, 0.5) is 5.69 Å². The smallest absolute Gasteiger partial charge is 0.240 e. The van der Waals surface area contributed by atoms with E-state index in [4.69, 9.17) is 25.8 Å². The maximum atomic E-state index is 13.5. The van der Waals surface area contributed by atoms with Crippen molar-refractivity contribution in [2.75, 3.05) is 32.8 Å². The largest absolute Gasteiger partial charge is 0.493 e. The van der Waals surface area contributed by atoms with Crippen molar-refractivity contribution in [2.45, 2.75) is 23.1 Å². The molecule has 1 aliphatic heterocycles. The molecule has 0 fully saturated rings. The van der Waals surface area contributed by atoms with E-state index in [1.807, 2.05) is 54.6 Å². The first-order valence-electron chi connectivity index (χ1n) is 11.3. The Kier molecular flexibility index (Phi) is 8.28. The summed E-state index contributed by atoms with van der Waals surface area (Å²) < 4.78 is 16.5. The SMILES string of the molecule is COc1cc([C@H]2CC(=O)N(CC(=O)NCc3ccccc3Cl)c3ccccc3S2)cc(OC)c1OC. The van der Waals surface area contributed by atoms with Crippen LogP contribution in [0.25, 0.3) is 0 Å². The topological polar surface area (TPSA) is 77.1 Å². The van der Waals surface area contributed by atoms with Crippen LogP contribution >= 0.6 is 23.4 Å². The number of methoxy groups -OCH3 is 3. The number of nitrogens with zero attached hydrogens (tertiary/aromatic N) is 1. The molecule has 0 aliphatic carbocycles. The second-order valence-corrected chi connectivity index (χ2v) is 9.74. The van der Waals surface area contributed by atoms with E-state index < -0.39 is 0 Å². The summed E-state index contributed by atoms with van der Waals surface area (Å²) in [6.07, 6.45) is 0.190. The lowest BCUT2D eigenvalue weighted by Crippen LogP contribution is -2.40. The number of carbonyl (C=O) groups is 2. The molecule has 3 aromatic rings. The minimum atomic E-state index is -0.269. The van der Waals surface area contributed by atoms with Gasteiger partial charge in [0.05, 0.1) is 27.0 Å². The number of anilines is 1. The third kappa shape index (κ3) is 5.55. The molecule has 7 nitrogen and oxygen atoms in total. The summed E-state index contributed by atoms with van der Waals surface area (Å²) in [4.78, 5) is 28.8. The minimum Gasteiger partial charge on any atom is -0.493 e. The number of hydrogen-bond acceptors (Lipinski definition) is 6. The summed E-state index contributed by atoms with van der Waals surface area (Å²) >= 11 is 7.77. The Morgan fingerprint density at radius 2 is 1.69 bits per heavy atom. The summed E-state index contributed by atoms with van der Waals surface area (Å²) in [6, 6.07) is 18.7. The lowest BCUT2D eigenvalue weighted by Gasteiger charge is -2.22. The van der Waals surface area contributed by atoms with Gasteiger partial charge < -0.3 is 24.4 Å². The minimum absolute atomic E-state index is 0.0944. The number of thioether (sulfide) groups is 1. The molecular weight excluding hydrogens is 500 g/mol. The molecule has 0 saturated heterocycles. The predicted molar refractivity (Wildman–Crippen MR) is 141 cm³/mol. The van der Waals surface area contributed by atoms with E-state index in [2.05, 4.69) is 5.32 Å². The fourth-order valence-corrected chi connectivity index (χ4v) is 5.52. The first-order chi connectivity index (χ1) is 17.4. The zero-order valence-electron chi connectivity index (χ0n) is 20.2. The molecule has 3 aromatic carbocycles. The molecule has 36 heavy (non-hydrogen) atoms. The molecule has 188 valence electrons. The number of halogens is 1. The van der Waals surface area contributed by atoms with E-state index in [1.165, 1.54) is 0 Å². The van der Waals surface area contributed by atoms with Gasteiger partial charge >= 0.3 is 0 Å². The van der Waals surface area contributed by atoms with E-state index in [0.717, 1.165) is 16.0 Å². The molecule has 9 heteroatoms. The molecule has 1 aliphatic rings. The summed E-state index contributed by atoms with van der Waals surface area (Å²) in [5.41, 5.74) is 2.38. The van der Waals surface area contributed by atoms with Crippen LogP contribution in [0.1, 0.15) is 22.8 Å². The highest BCUT2D eigenvalue weighted by molar-refractivity contribution is 7.99. The number of nitrogens with one attached hydrogen (secondary N) is 1. The van der Waals surface area contributed by atoms with Gasteiger partial charge in [0.1, 0.15) is 6.54 Å². The third-order valence-electron chi connectivity index (χ3n) is 5.88. The van der Waals surface area contributed by atoms with Crippen molar-refractivity contribution in [2.24, 2.45) is 0 Å². The van der Waals surface area contributed by atoms with E-state index in [0.29, 0.717) is 28.0 Å². The van der Waals surface area contributed by atoms with Crippen molar-refractivity contribution in [3.8, 4) is 17.2 Å². The standard InChI is InChI=1S/C27H27ClN2O5S/c1-33-21-12-18(13-22(34-2)27(21)35-3)24-14-26(32)30(20-10-6-7-11-23(20)36-24)16-25(31)29-15-17-8-4-5-9-19(17)28/h4-13,24H,14-16H2,1-3H3,(H,29,31)/t24-/m1/s1. The number of para-hydroxylation sites is 1. The Morgan fingerprint density at radius 1 is 1.03 bits per heavy atom. The van der Waals surface area contributed by atoms with Gasteiger partial charge in [0.15, 0.2) is 11.5 Å². The van der Waals surface area contributed by atoms with Gasteiger partial charge in [-0.1, -0.05) is 41.9 Å². The van der Waals surface area contributed by atoms with Crippen molar-refractivity contribution in [1.29, 1.82) is 0 Å². The number of carbonyl (C=O) groups excluding carboxylic acids is 2. The maximum absolute atomic E-state index is 13.5. The highest BCUT2D eigenvalue weighted by Gasteiger charge is 2.31. The van der Waals surface area contributed by atoms with Crippen LogP contribution in [0.5, 0.6) is 17.2 Å². The number of rotatable bonds is 8. The van der Waals surface area contributed by atoms with Crippen LogP contribution in [0.3, 0.4) is 0 Å². The van der Waals surface area contributed by atoms with Crippen molar-refractivity contribution in [3.63, 3.8) is 0 Å². The monoisotopic (exact) mass is 526 g/mol. The number of ether oxygens (including phenoxy) is 3. The number of hydrogen-bond donors (Lipinski definition) is 1. The first-order valence-corrected chi connectivity index (χ1v) is 12.6. The lowest BCUT2D eigenvalue weighted by atomic mass is 10.1. The molecule has 0 aromatic heterocycles. The van der Waals surface area contributed by atoms with Gasteiger partial charge in [-0.2, -0.15) is 0 Å². The Balaban J connectivity index is 1.58. The molecule has 1 heterocycles. The second-order valence-electron chi connectivity index (χ2n) is 8.09. The van der Waals surface area contributed by atoms with Gasteiger partial charge in [0, 0.05) is 28.1 Å². The fraction of sp³-hybridized carbons (Fsp3) is 0.259.